The lowest BCUT2D eigenvalue weighted by atomic mass is 9.98. The number of aryl methyl sites for hydroxylation is 1. The van der Waals surface area contributed by atoms with E-state index in [4.69, 9.17) is 16.7 Å². The molecule has 0 radical (unpaired) electrons. The Labute approximate surface area is 82.8 Å². The van der Waals surface area contributed by atoms with Crippen molar-refractivity contribution < 1.29 is 5.11 Å². The van der Waals surface area contributed by atoms with Crippen molar-refractivity contribution in [1.82, 2.24) is 0 Å². The maximum absolute atomic E-state index is 9.66. The van der Waals surface area contributed by atoms with Crippen molar-refractivity contribution in [3.05, 3.63) is 23.3 Å². The van der Waals surface area contributed by atoms with Crippen molar-refractivity contribution in [2.24, 2.45) is 5.73 Å². The third-order valence-corrected chi connectivity index (χ3v) is 2.15. The van der Waals surface area contributed by atoms with Crippen LogP contribution in [-0.4, -0.2) is 5.11 Å². The largest absolute Gasteiger partial charge is 0.505 e. The fourth-order valence-corrected chi connectivity index (χ4v) is 1.39. The summed E-state index contributed by atoms with van der Waals surface area (Å²) in [5, 5.41) is 18.2. The Morgan fingerprint density at radius 3 is 2.79 bits per heavy atom. The molecule has 0 aliphatic rings. The summed E-state index contributed by atoms with van der Waals surface area (Å²) in [5.74, 6) is -0.00671. The number of hydrogen-bond donors (Lipinski definition) is 3. The molecule has 0 saturated carbocycles. The van der Waals surface area contributed by atoms with Gasteiger partial charge in [-0.05, 0) is 18.6 Å². The van der Waals surface area contributed by atoms with E-state index in [-0.39, 0.29) is 12.2 Å². The Kier molecular flexibility index (Phi) is 2.95. The Bertz CT molecular complexity index is 382. The molecule has 1 aromatic carbocycles. The number of nitrogens with two attached hydrogens (primary N) is 2. The van der Waals surface area contributed by atoms with E-state index in [0.717, 1.165) is 5.56 Å². The zero-order chi connectivity index (χ0) is 10.7. The zero-order valence-electron chi connectivity index (χ0n) is 7.99. The Balaban J connectivity index is 3.19. The van der Waals surface area contributed by atoms with E-state index in [2.05, 4.69) is 0 Å². The summed E-state index contributed by atoms with van der Waals surface area (Å²) in [6, 6.07) is 4.88. The number of hydrogen-bond acceptors (Lipinski definition) is 4. The number of phenolic OH excluding ortho intramolecular Hbond substituents is 1. The monoisotopic (exact) mass is 191 g/mol. The first kappa shape index (κ1) is 10.4. The van der Waals surface area contributed by atoms with E-state index in [1.165, 1.54) is 0 Å². The van der Waals surface area contributed by atoms with Gasteiger partial charge in [0.15, 0.2) is 0 Å². The van der Waals surface area contributed by atoms with Crippen LogP contribution in [0.3, 0.4) is 0 Å². The molecule has 4 nitrogen and oxygen atoms in total. The molecule has 0 aromatic heterocycles. The number of aromatic hydroxyl groups is 1. The third-order valence-electron chi connectivity index (χ3n) is 2.15. The van der Waals surface area contributed by atoms with Crippen molar-refractivity contribution >= 4 is 5.69 Å². The molecular weight excluding hydrogens is 178 g/mol. The molecule has 0 spiro atoms. The van der Waals surface area contributed by atoms with E-state index in [0.29, 0.717) is 11.3 Å². The highest BCUT2D eigenvalue weighted by Gasteiger charge is 2.15. The molecule has 4 heteroatoms. The molecule has 1 atom stereocenters. The number of anilines is 1. The lowest BCUT2D eigenvalue weighted by Gasteiger charge is -2.14. The number of nitriles is 1. The molecule has 0 unspecified atom stereocenters. The van der Waals surface area contributed by atoms with Crippen LogP contribution in [0.4, 0.5) is 5.69 Å². The van der Waals surface area contributed by atoms with E-state index in [1.807, 2.05) is 13.0 Å². The minimum atomic E-state index is -0.483. The second kappa shape index (κ2) is 3.99. The quantitative estimate of drug-likeness (QED) is 0.483. The lowest BCUT2D eigenvalue weighted by Crippen LogP contribution is -2.11. The van der Waals surface area contributed by atoms with Crippen LogP contribution in [0.25, 0.3) is 0 Å². The Morgan fingerprint density at radius 1 is 1.57 bits per heavy atom. The van der Waals surface area contributed by atoms with Crippen LogP contribution < -0.4 is 11.5 Å². The van der Waals surface area contributed by atoms with Crippen molar-refractivity contribution in [3.63, 3.8) is 0 Å². The van der Waals surface area contributed by atoms with Crippen LogP contribution in [-0.2, 0) is 0 Å². The smallest absolute Gasteiger partial charge is 0.143 e. The first-order chi connectivity index (χ1) is 6.57. The van der Waals surface area contributed by atoms with Gasteiger partial charge in [0.05, 0.1) is 18.2 Å². The fourth-order valence-electron chi connectivity index (χ4n) is 1.39. The SMILES string of the molecule is Cc1ccc(N)c(O)c1[C@H](N)CC#N. The first-order valence-corrected chi connectivity index (χ1v) is 4.28. The molecule has 0 aliphatic heterocycles. The lowest BCUT2D eigenvalue weighted by molar-refractivity contribution is 0.464. The van der Waals surface area contributed by atoms with Crippen LogP contribution in [0, 0.1) is 18.3 Å². The van der Waals surface area contributed by atoms with Gasteiger partial charge in [0.2, 0.25) is 0 Å². The molecule has 1 aromatic rings. The summed E-state index contributed by atoms with van der Waals surface area (Å²) < 4.78 is 0. The number of benzene rings is 1. The highest BCUT2D eigenvalue weighted by Crippen LogP contribution is 2.32. The van der Waals surface area contributed by atoms with Crippen molar-refractivity contribution in [1.29, 1.82) is 5.26 Å². The number of rotatable bonds is 2. The minimum Gasteiger partial charge on any atom is -0.505 e. The first-order valence-electron chi connectivity index (χ1n) is 4.28. The van der Waals surface area contributed by atoms with E-state index < -0.39 is 6.04 Å². The predicted octanol–water partition coefficient (Wildman–Crippen LogP) is 1.20. The molecule has 14 heavy (non-hydrogen) atoms. The number of nitrogens with zero attached hydrogens (tertiary/aromatic N) is 1. The number of phenols is 1. The predicted molar refractivity (Wildman–Crippen MR) is 54.4 cm³/mol. The molecule has 0 saturated heterocycles. The van der Waals surface area contributed by atoms with Gasteiger partial charge < -0.3 is 16.6 Å². The van der Waals surface area contributed by atoms with E-state index in [9.17, 15) is 5.11 Å². The summed E-state index contributed by atoms with van der Waals surface area (Å²) in [7, 11) is 0. The second-order valence-corrected chi connectivity index (χ2v) is 3.20. The van der Waals surface area contributed by atoms with Crippen LogP contribution in [0.1, 0.15) is 23.6 Å². The minimum absolute atomic E-state index is 0.00671. The standard InChI is InChI=1S/C10H13N3O/c1-6-2-3-8(13)10(14)9(6)7(12)4-5-11/h2-3,7,14H,4,12-13H2,1H3/t7-/m1/s1. The van der Waals surface area contributed by atoms with Gasteiger partial charge >= 0.3 is 0 Å². The maximum atomic E-state index is 9.66. The highest BCUT2D eigenvalue weighted by molar-refractivity contribution is 5.59. The van der Waals surface area contributed by atoms with Gasteiger partial charge in [-0.1, -0.05) is 6.07 Å². The average molecular weight is 191 g/mol. The van der Waals surface area contributed by atoms with Crippen LogP contribution in [0.5, 0.6) is 5.75 Å². The van der Waals surface area contributed by atoms with Crippen LogP contribution >= 0.6 is 0 Å². The average Bonchev–Trinajstić information content (AvgIpc) is 2.13. The second-order valence-electron chi connectivity index (χ2n) is 3.20. The summed E-state index contributed by atoms with van der Waals surface area (Å²) in [4.78, 5) is 0. The van der Waals surface area contributed by atoms with E-state index in [1.54, 1.807) is 12.1 Å². The van der Waals surface area contributed by atoms with Gasteiger partial charge in [0.25, 0.3) is 0 Å². The molecule has 0 bridgehead atoms. The zero-order valence-corrected chi connectivity index (χ0v) is 7.99. The summed E-state index contributed by atoms with van der Waals surface area (Å²) in [6.07, 6.45) is 0.165. The van der Waals surface area contributed by atoms with Gasteiger partial charge in [0.1, 0.15) is 5.75 Å². The maximum Gasteiger partial charge on any atom is 0.143 e. The van der Waals surface area contributed by atoms with Gasteiger partial charge in [-0.25, -0.2) is 0 Å². The van der Waals surface area contributed by atoms with Gasteiger partial charge in [-0.3, -0.25) is 0 Å². The van der Waals surface area contributed by atoms with Crippen LogP contribution in [0.2, 0.25) is 0 Å². The van der Waals surface area contributed by atoms with Gasteiger partial charge in [-0.15, -0.1) is 0 Å². The number of nitrogen functional groups attached to an aromatic ring is 1. The topological polar surface area (TPSA) is 96.1 Å². The fraction of sp³-hybridized carbons (Fsp3) is 0.300. The van der Waals surface area contributed by atoms with Crippen LogP contribution in [0.15, 0.2) is 12.1 Å². The molecule has 0 amide bonds. The molecule has 0 aliphatic carbocycles. The molecule has 1 rings (SSSR count). The summed E-state index contributed by atoms with van der Waals surface area (Å²) in [5.41, 5.74) is 13.0. The van der Waals surface area contributed by atoms with Gasteiger partial charge in [0, 0.05) is 11.6 Å². The highest BCUT2D eigenvalue weighted by atomic mass is 16.3. The summed E-state index contributed by atoms with van der Waals surface area (Å²) in [6.45, 7) is 1.83. The van der Waals surface area contributed by atoms with E-state index >= 15 is 0 Å². The molecule has 0 fully saturated rings. The molecule has 5 N–H and O–H groups in total. The molecule has 74 valence electrons. The van der Waals surface area contributed by atoms with Crippen molar-refractivity contribution in [2.45, 2.75) is 19.4 Å². The summed E-state index contributed by atoms with van der Waals surface area (Å²) >= 11 is 0. The Morgan fingerprint density at radius 2 is 2.21 bits per heavy atom. The third kappa shape index (κ3) is 1.78. The molecular formula is C10H13N3O. The van der Waals surface area contributed by atoms with Crippen molar-refractivity contribution in [2.75, 3.05) is 5.73 Å². The van der Waals surface area contributed by atoms with Gasteiger partial charge in [-0.2, -0.15) is 5.26 Å². The molecule has 0 heterocycles. The van der Waals surface area contributed by atoms with Crippen molar-refractivity contribution in [3.8, 4) is 11.8 Å². The normalized spacial score (nSPS) is 12.1. The Hall–Kier alpha value is -1.73.